The van der Waals surface area contributed by atoms with Gasteiger partial charge in [-0.1, -0.05) is 18.2 Å². The van der Waals surface area contributed by atoms with Gasteiger partial charge in [-0.3, -0.25) is 10.1 Å². The van der Waals surface area contributed by atoms with E-state index in [4.69, 9.17) is 21.7 Å². The fourth-order valence-electron chi connectivity index (χ4n) is 1.93. The zero-order valence-electron chi connectivity index (χ0n) is 13.6. The molecule has 1 atom stereocenters. The van der Waals surface area contributed by atoms with Gasteiger partial charge < -0.3 is 14.8 Å². The molecule has 0 saturated carbocycles. The summed E-state index contributed by atoms with van der Waals surface area (Å²) in [5.41, 5.74) is 0.764. The lowest BCUT2D eigenvalue weighted by molar-refractivity contribution is -0.125. The van der Waals surface area contributed by atoms with Crippen LogP contribution in [0.3, 0.4) is 0 Å². The number of rotatable bonds is 6. The van der Waals surface area contributed by atoms with Crippen molar-refractivity contribution in [2.24, 2.45) is 0 Å². The highest BCUT2D eigenvalue weighted by Crippen LogP contribution is 2.15. The minimum atomic E-state index is -0.660. The summed E-state index contributed by atoms with van der Waals surface area (Å²) in [5, 5.41) is 5.78. The van der Waals surface area contributed by atoms with E-state index in [1.807, 2.05) is 49.4 Å². The SMILES string of the molecule is CCOc1ccc(NC(=S)NC(=O)[C@H](C)Oc2ccccc2)cc1. The summed E-state index contributed by atoms with van der Waals surface area (Å²) in [6.45, 7) is 4.21. The van der Waals surface area contributed by atoms with Crippen molar-refractivity contribution in [3.05, 3.63) is 54.6 Å². The molecule has 0 fully saturated rings. The Morgan fingerprint density at radius 2 is 1.75 bits per heavy atom. The van der Waals surface area contributed by atoms with E-state index < -0.39 is 6.10 Å². The molecular weight excluding hydrogens is 324 g/mol. The molecule has 2 N–H and O–H groups in total. The summed E-state index contributed by atoms with van der Waals surface area (Å²) in [7, 11) is 0. The number of benzene rings is 2. The predicted molar refractivity (Wildman–Crippen MR) is 98.5 cm³/mol. The molecule has 126 valence electrons. The molecule has 0 unspecified atom stereocenters. The molecule has 0 aliphatic rings. The van der Waals surface area contributed by atoms with Crippen LogP contribution in [0.1, 0.15) is 13.8 Å². The van der Waals surface area contributed by atoms with Gasteiger partial charge in [-0.25, -0.2) is 0 Å². The van der Waals surface area contributed by atoms with Crippen molar-refractivity contribution in [2.75, 3.05) is 11.9 Å². The predicted octanol–water partition coefficient (Wildman–Crippen LogP) is 3.37. The molecule has 1 amide bonds. The van der Waals surface area contributed by atoms with E-state index in [0.29, 0.717) is 12.4 Å². The third-order valence-corrected chi connectivity index (χ3v) is 3.29. The molecule has 0 heterocycles. The number of carbonyl (C=O) groups excluding carboxylic acids is 1. The Bertz CT molecular complexity index is 674. The zero-order chi connectivity index (χ0) is 17.4. The first-order chi connectivity index (χ1) is 11.6. The van der Waals surface area contributed by atoms with Gasteiger partial charge in [0, 0.05) is 5.69 Å². The second-order valence-corrected chi connectivity index (χ2v) is 5.38. The van der Waals surface area contributed by atoms with Crippen LogP contribution in [0.4, 0.5) is 5.69 Å². The number of carbonyl (C=O) groups is 1. The number of anilines is 1. The number of nitrogens with one attached hydrogen (secondary N) is 2. The number of thiocarbonyl (C=S) groups is 1. The van der Waals surface area contributed by atoms with Crippen LogP contribution in [-0.2, 0) is 4.79 Å². The highest BCUT2D eigenvalue weighted by molar-refractivity contribution is 7.80. The van der Waals surface area contributed by atoms with Crippen molar-refractivity contribution in [1.29, 1.82) is 0 Å². The van der Waals surface area contributed by atoms with E-state index in [-0.39, 0.29) is 11.0 Å². The maximum atomic E-state index is 12.1. The topological polar surface area (TPSA) is 59.6 Å². The summed E-state index contributed by atoms with van der Waals surface area (Å²) < 4.78 is 10.9. The van der Waals surface area contributed by atoms with Gasteiger partial charge in [-0.15, -0.1) is 0 Å². The van der Waals surface area contributed by atoms with Crippen LogP contribution in [0.15, 0.2) is 54.6 Å². The van der Waals surface area contributed by atoms with Crippen LogP contribution >= 0.6 is 12.2 Å². The maximum Gasteiger partial charge on any atom is 0.266 e. The zero-order valence-corrected chi connectivity index (χ0v) is 14.4. The third kappa shape index (κ3) is 5.55. The van der Waals surface area contributed by atoms with Crippen LogP contribution in [-0.4, -0.2) is 23.7 Å². The number of ether oxygens (including phenoxy) is 2. The quantitative estimate of drug-likeness (QED) is 0.787. The molecule has 6 heteroatoms. The van der Waals surface area contributed by atoms with Crippen LogP contribution in [0, 0.1) is 0 Å². The van der Waals surface area contributed by atoms with Crippen molar-refractivity contribution in [3.63, 3.8) is 0 Å². The van der Waals surface area contributed by atoms with Gasteiger partial charge in [-0.2, -0.15) is 0 Å². The second-order valence-electron chi connectivity index (χ2n) is 4.97. The van der Waals surface area contributed by atoms with E-state index in [2.05, 4.69) is 10.6 Å². The summed E-state index contributed by atoms with van der Waals surface area (Å²) in [6.07, 6.45) is -0.660. The van der Waals surface area contributed by atoms with E-state index in [9.17, 15) is 4.79 Å². The molecule has 2 rings (SSSR count). The lowest BCUT2D eigenvalue weighted by atomic mass is 10.3. The monoisotopic (exact) mass is 344 g/mol. The Labute approximate surface area is 147 Å². The van der Waals surface area contributed by atoms with E-state index in [1.165, 1.54) is 0 Å². The molecule has 0 spiro atoms. The highest BCUT2D eigenvalue weighted by atomic mass is 32.1. The van der Waals surface area contributed by atoms with Crippen molar-refractivity contribution in [1.82, 2.24) is 5.32 Å². The Morgan fingerprint density at radius 1 is 1.08 bits per heavy atom. The van der Waals surface area contributed by atoms with E-state index in [0.717, 1.165) is 11.4 Å². The van der Waals surface area contributed by atoms with Gasteiger partial charge in [-0.05, 0) is 62.5 Å². The van der Waals surface area contributed by atoms with Gasteiger partial charge in [0.1, 0.15) is 11.5 Å². The fourth-order valence-corrected chi connectivity index (χ4v) is 2.15. The Balaban J connectivity index is 1.83. The maximum absolute atomic E-state index is 12.1. The summed E-state index contributed by atoms with van der Waals surface area (Å²) >= 11 is 5.15. The largest absolute Gasteiger partial charge is 0.494 e. The molecule has 0 bridgehead atoms. The van der Waals surface area contributed by atoms with Crippen molar-refractivity contribution in [3.8, 4) is 11.5 Å². The molecule has 2 aromatic carbocycles. The lowest BCUT2D eigenvalue weighted by Crippen LogP contribution is -2.42. The van der Waals surface area contributed by atoms with Gasteiger partial charge in [0.2, 0.25) is 0 Å². The molecule has 0 aliphatic carbocycles. The Kier molecular flexibility index (Phi) is 6.57. The van der Waals surface area contributed by atoms with Crippen LogP contribution in [0.2, 0.25) is 0 Å². The second kappa shape index (κ2) is 8.88. The van der Waals surface area contributed by atoms with Crippen LogP contribution < -0.4 is 20.1 Å². The van der Waals surface area contributed by atoms with Crippen LogP contribution in [0.25, 0.3) is 0 Å². The van der Waals surface area contributed by atoms with Gasteiger partial charge in [0.05, 0.1) is 6.61 Å². The molecule has 0 radical (unpaired) electrons. The first kappa shape index (κ1) is 17.7. The average molecular weight is 344 g/mol. The van der Waals surface area contributed by atoms with Crippen molar-refractivity contribution < 1.29 is 14.3 Å². The van der Waals surface area contributed by atoms with Gasteiger partial charge >= 0.3 is 0 Å². The normalized spacial score (nSPS) is 11.2. The number of para-hydroxylation sites is 1. The van der Waals surface area contributed by atoms with Crippen molar-refractivity contribution >= 4 is 28.9 Å². The van der Waals surface area contributed by atoms with Gasteiger partial charge in [0.25, 0.3) is 5.91 Å². The summed E-state index contributed by atoms with van der Waals surface area (Å²) in [6, 6.07) is 16.5. The minimum absolute atomic E-state index is 0.215. The van der Waals surface area contributed by atoms with Crippen LogP contribution in [0.5, 0.6) is 11.5 Å². The number of amides is 1. The fraction of sp³-hybridized carbons (Fsp3) is 0.222. The highest BCUT2D eigenvalue weighted by Gasteiger charge is 2.15. The Hall–Kier alpha value is -2.60. The molecule has 24 heavy (non-hydrogen) atoms. The van der Waals surface area contributed by atoms with Gasteiger partial charge in [0.15, 0.2) is 11.2 Å². The molecule has 0 aromatic heterocycles. The molecular formula is C18H20N2O3S. The third-order valence-electron chi connectivity index (χ3n) is 3.09. The van der Waals surface area contributed by atoms with Crippen molar-refractivity contribution in [2.45, 2.75) is 20.0 Å². The van der Waals surface area contributed by atoms with E-state index in [1.54, 1.807) is 19.1 Å². The lowest BCUT2D eigenvalue weighted by Gasteiger charge is -2.16. The smallest absolute Gasteiger partial charge is 0.266 e. The molecule has 0 aliphatic heterocycles. The molecule has 0 saturated heterocycles. The first-order valence-electron chi connectivity index (χ1n) is 7.65. The molecule has 5 nitrogen and oxygen atoms in total. The number of hydrogen-bond donors (Lipinski definition) is 2. The summed E-state index contributed by atoms with van der Waals surface area (Å²) in [5.74, 6) is 1.09. The standard InChI is InChI=1S/C18H20N2O3S/c1-3-22-15-11-9-14(10-12-15)19-18(24)20-17(21)13(2)23-16-7-5-4-6-8-16/h4-13H,3H2,1-2H3,(H2,19,20,21,24)/t13-/m0/s1. The first-order valence-corrected chi connectivity index (χ1v) is 8.05. The molecule has 2 aromatic rings. The number of hydrogen-bond acceptors (Lipinski definition) is 4. The Morgan fingerprint density at radius 3 is 2.38 bits per heavy atom. The summed E-state index contributed by atoms with van der Waals surface area (Å²) in [4.78, 5) is 12.1. The average Bonchev–Trinajstić information content (AvgIpc) is 2.57. The van der Waals surface area contributed by atoms with E-state index >= 15 is 0 Å². The minimum Gasteiger partial charge on any atom is -0.494 e.